The van der Waals surface area contributed by atoms with Crippen molar-refractivity contribution in [3.8, 4) is 0 Å². The molecule has 0 aliphatic rings. The van der Waals surface area contributed by atoms with Gasteiger partial charge in [0.15, 0.2) is 0 Å². The van der Waals surface area contributed by atoms with Gasteiger partial charge < -0.3 is 5.32 Å². The zero-order valence-electron chi connectivity index (χ0n) is 10.9. The van der Waals surface area contributed by atoms with E-state index in [1.807, 2.05) is 37.7 Å². The minimum Gasteiger partial charge on any atom is -0.308 e. The number of benzene rings is 1. The second kappa shape index (κ2) is 5.31. The molecular formula is C14H18FN3. The first-order chi connectivity index (χ1) is 8.67. The molecule has 1 aromatic heterocycles. The van der Waals surface area contributed by atoms with Crippen LogP contribution in [-0.2, 0) is 6.54 Å². The van der Waals surface area contributed by atoms with Gasteiger partial charge in [-0.3, -0.25) is 4.68 Å². The molecule has 0 aliphatic carbocycles. The van der Waals surface area contributed by atoms with Gasteiger partial charge in [0, 0.05) is 12.7 Å². The van der Waals surface area contributed by atoms with Gasteiger partial charge in [0.2, 0.25) is 0 Å². The van der Waals surface area contributed by atoms with Gasteiger partial charge in [-0.15, -0.1) is 0 Å². The van der Waals surface area contributed by atoms with Gasteiger partial charge in [0.05, 0.1) is 11.7 Å². The van der Waals surface area contributed by atoms with Crippen LogP contribution in [0.4, 0.5) is 4.39 Å². The number of aryl methyl sites for hydroxylation is 2. The van der Waals surface area contributed by atoms with E-state index >= 15 is 0 Å². The highest BCUT2D eigenvalue weighted by Gasteiger charge is 2.18. The van der Waals surface area contributed by atoms with E-state index in [0.29, 0.717) is 0 Å². The van der Waals surface area contributed by atoms with Crippen LogP contribution in [0.15, 0.2) is 30.5 Å². The predicted octanol–water partition coefficient (Wildman–Crippen LogP) is 2.66. The standard InChI is InChI=1S/C14H18FN3/c1-4-18-13(7-8-17-18)14(16-3)12-9-11(15)6-5-10(12)2/h5-9,14,16H,4H2,1-3H3. The first-order valence-electron chi connectivity index (χ1n) is 6.12. The van der Waals surface area contributed by atoms with E-state index in [-0.39, 0.29) is 11.9 Å². The van der Waals surface area contributed by atoms with Crippen molar-refractivity contribution in [2.75, 3.05) is 7.05 Å². The maximum Gasteiger partial charge on any atom is 0.123 e. The molecule has 0 spiro atoms. The number of nitrogens with zero attached hydrogens (tertiary/aromatic N) is 2. The Balaban J connectivity index is 2.48. The van der Waals surface area contributed by atoms with Crippen LogP contribution in [0.2, 0.25) is 0 Å². The summed E-state index contributed by atoms with van der Waals surface area (Å²) >= 11 is 0. The topological polar surface area (TPSA) is 29.9 Å². The molecule has 96 valence electrons. The molecule has 0 fully saturated rings. The predicted molar refractivity (Wildman–Crippen MR) is 69.9 cm³/mol. The first kappa shape index (κ1) is 12.8. The SMILES string of the molecule is CCn1nccc1C(NC)c1cc(F)ccc1C. The number of halogens is 1. The smallest absolute Gasteiger partial charge is 0.123 e. The molecule has 1 N–H and O–H groups in total. The molecular weight excluding hydrogens is 229 g/mol. The molecule has 1 heterocycles. The third-order valence-corrected chi connectivity index (χ3v) is 3.19. The molecule has 0 saturated carbocycles. The van der Waals surface area contributed by atoms with Crippen molar-refractivity contribution >= 4 is 0 Å². The van der Waals surface area contributed by atoms with Crippen molar-refractivity contribution in [3.63, 3.8) is 0 Å². The Morgan fingerprint density at radius 3 is 2.83 bits per heavy atom. The molecule has 0 saturated heterocycles. The van der Waals surface area contributed by atoms with Gasteiger partial charge in [-0.25, -0.2) is 4.39 Å². The lowest BCUT2D eigenvalue weighted by Crippen LogP contribution is -2.22. The van der Waals surface area contributed by atoms with Crippen molar-refractivity contribution in [2.45, 2.75) is 26.4 Å². The molecule has 1 unspecified atom stereocenters. The Labute approximate surface area is 107 Å². The summed E-state index contributed by atoms with van der Waals surface area (Å²) in [6.45, 7) is 4.84. The lowest BCUT2D eigenvalue weighted by Gasteiger charge is -2.20. The zero-order valence-corrected chi connectivity index (χ0v) is 10.9. The molecule has 1 aromatic carbocycles. The summed E-state index contributed by atoms with van der Waals surface area (Å²) in [5.74, 6) is -0.210. The molecule has 2 rings (SSSR count). The van der Waals surface area contributed by atoms with E-state index in [1.165, 1.54) is 6.07 Å². The fourth-order valence-electron chi connectivity index (χ4n) is 2.24. The third kappa shape index (κ3) is 2.29. The number of rotatable bonds is 4. The zero-order chi connectivity index (χ0) is 13.1. The maximum absolute atomic E-state index is 13.4. The number of hydrogen-bond donors (Lipinski definition) is 1. The Bertz CT molecular complexity index is 534. The van der Waals surface area contributed by atoms with Crippen LogP contribution in [0.3, 0.4) is 0 Å². The van der Waals surface area contributed by atoms with Crippen molar-refractivity contribution in [2.24, 2.45) is 0 Å². The van der Waals surface area contributed by atoms with E-state index in [2.05, 4.69) is 10.4 Å². The third-order valence-electron chi connectivity index (χ3n) is 3.19. The molecule has 0 radical (unpaired) electrons. The Kier molecular flexibility index (Phi) is 3.77. The summed E-state index contributed by atoms with van der Waals surface area (Å²) in [5.41, 5.74) is 3.07. The first-order valence-corrected chi connectivity index (χ1v) is 6.12. The highest BCUT2D eigenvalue weighted by atomic mass is 19.1. The van der Waals surface area contributed by atoms with Gasteiger partial charge in [-0.05, 0) is 50.2 Å². The average molecular weight is 247 g/mol. The molecule has 1 atom stereocenters. The number of hydrogen-bond acceptors (Lipinski definition) is 2. The molecule has 3 nitrogen and oxygen atoms in total. The molecule has 0 amide bonds. The van der Waals surface area contributed by atoms with E-state index in [1.54, 1.807) is 12.3 Å². The van der Waals surface area contributed by atoms with Crippen LogP contribution >= 0.6 is 0 Å². The molecule has 2 aromatic rings. The van der Waals surface area contributed by atoms with E-state index in [4.69, 9.17) is 0 Å². The minimum atomic E-state index is -0.210. The van der Waals surface area contributed by atoms with Crippen molar-refractivity contribution in [3.05, 3.63) is 53.1 Å². The largest absolute Gasteiger partial charge is 0.308 e. The lowest BCUT2D eigenvalue weighted by molar-refractivity contribution is 0.557. The Morgan fingerprint density at radius 2 is 2.17 bits per heavy atom. The molecule has 18 heavy (non-hydrogen) atoms. The minimum absolute atomic E-state index is 0.0388. The lowest BCUT2D eigenvalue weighted by atomic mass is 9.98. The Morgan fingerprint density at radius 1 is 1.39 bits per heavy atom. The highest BCUT2D eigenvalue weighted by Crippen LogP contribution is 2.25. The van der Waals surface area contributed by atoms with Crippen molar-refractivity contribution in [1.82, 2.24) is 15.1 Å². The monoisotopic (exact) mass is 247 g/mol. The van der Waals surface area contributed by atoms with Crippen LogP contribution in [0.1, 0.15) is 29.8 Å². The summed E-state index contributed by atoms with van der Waals surface area (Å²) in [7, 11) is 1.88. The summed E-state index contributed by atoms with van der Waals surface area (Å²) in [4.78, 5) is 0. The second-order valence-electron chi connectivity index (χ2n) is 4.29. The fourth-order valence-corrected chi connectivity index (χ4v) is 2.24. The van der Waals surface area contributed by atoms with Gasteiger partial charge >= 0.3 is 0 Å². The van der Waals surface area contributed by atoms with E-state index < -0.39 is 0 Å². The Hall–Kier alpha value is -1.68. The average Bonchev–Trinajstić information content (AvgIpc) is 2.83. The quantitative estimate of drug-likeness (QED) is 0.900. The van der Waals surface area contributed by atoms with Crippen LogP contribution in [-0.4, -0.2) is 16.8 Å². The van der Waals surface area contributed by atoms with Crippen LogP contribution in [0, 0.1) is 12.7 Å². The summed E-state index contributed by atoms with van der Waals surface area (Å²) in [5, 5.41) is 7.50. The van der Waals surface area contributed by atoms with Crippen LogP contribution < -0.4 is 5.32 Å². The molecule has 0 bridgehead atoms. The maximum atomic E-state index is 13.4. The summed E-state index contributed by atoms with van der Waals surface area (Å²) in [6, 6.07) is 6.81. The van der Waals surface area contributed by atoms with Gasteiger partial charge in [0.1, 0.15) is 5.82 Å². The van der Waals surface area contributed by atoms with Gasteiger partial charge in [-0.2, -0.15) is 5.10 Å². The van der Waals surface area contributed by atoms with Crippen molar-refractivity contribution in [1.29, 1.82) is 0 Å². The summed E-state index contributed by atoms with van der Waals surface area (Å²) in [6.07, 6.45) is 1.78. The van der Waals surface area contributed by atoms with Crippen LogP contribution in [0.25, 0.3) is 0 Å². The van der Waals surface area contributed by atoms with E-state index in [9.17, 15) is 4.39 Å². The van der Waals surface area contributed by atoms with Gasteiger partial charge in [-0.1, -0.05) is 6.07 Å². The second-order valence-corrected chi connectivity index (χ2v) is 4.29. The molecule has 4 heteroatoms. The molecule has 0 aliphatic heterocycles. The number of nitrogens with one attached hydrogen (secondary N) is 1. The van der Waals surface area contributed by atoms with Crippen LogP contribution in [0.5, 0.6) is 0 Å². The van der Waals surface area contributed by atoms with Crippen molar-refractivity contribution < 1.29 is 4.39 Å². The highest BCUT2D eigenvalue weighted by molar-refractivity contribution is 5.34. The van der Waals surface area contributed by atoms with Gasteiger partial charge in [0.25, 0.3) is 0 Å². The van der Waals surface area contributed by atoms with E-state index in [0.717, 1.165) is 23.4 Å². The normalized spacial score (nSPS) is 12.7. The fraction of sp³-hybridized carbons (Fsp3) is 0.357. The number of aromatic nitrogens is 2. The summed E-state index contributed by atoms with van der Waals surface area (Å²) < 4.78 is 15.3.